The van der Waals surface area contributed by atoms with Gasteiger partial charge in [-0.25, -0.2) is 9.59 Å². The number of carbonyl (C=O) groups is 2. The molecule has 2 N–H and O–H groups in total. The Hall–Kier alpha value is -2.27. The van der Waals surface area contributed by atoms with Gasteiger partial charge in [0.15, 0.2) is 0 Å². The molecule has 1 aliphatic carbocycles. The molecule has 0 saturated heterocycles. The van der Waals surface area contributed by atoms with E-state index in [0.717, 1.165) is 0 Å². The second-order valence-electron chi connectivity index (χ2n) is 4.46. The summed E-state index contributed by atoms with van der Waals surface area (Å²) in [6.07, 6.45) is 2.43. The molecule has 110 valence electrons. The van der Waals surface area contributed by atoms with Gasteiger partial charge < -0.3 is 9.84 Å². The SMILES string of the molecule is O=C(NC1=CC=C(Cl)CC1)OC(C(=O)O)c1ccccc1. The molecule has 1 aliphatic rings. The van der Waals surface area contributed by atoms with Crippen molar-refractivity contribution in [2.45, 2.75) is 18.9 Å². The Morgan fingerprint density at radius 3 is 2.48 bits per heavy atom. The van der Waals surface area contributed by atoms with Crippen molar-refractivity contribution in [2.24, 2.45) is 0 Å². The van der Waals surface area contributed by atoms with Crippen molar-refractivity contribution in [3.05, 3.63) is 58.8 Å². The zero-order chi connectivity index (χ0) is 15.2. The second-order valence-corrected chi connectivity index (χ2v) is 4.95. The van der Waals surface area contributed by atoms with Crippen LogP contribution >= 0.6 is 11.6 Å². The molecular weight excluding hydrogens is 294 g/mol. The Kier molecular flexibility index (Phi) is 5.00. The number of hydrogen-bond acceptors (Lipinski definition) is 3. The molecule has 1 unspecified atom stereocenters. The Labute approximate surface area is 126 Å². The molecule has 1 amide bonds. The molecule has 0 fully saturated rings. The molecule has 5 nitrogen and oxygen atoms in total. The Morgan fingerprint density at radius 1 is 1.19 bits per heavy atom. The summed E-state index contributed by atoms with van der Waals surface area (Å²) in [5.41, 5.74) is 1.04. The van der Waals surface area contributed by atoms with E-state index in [2.05, 4.69) is 5.32 Å². The molecule has 0 heterocycles. The first-order chi connectivity index (χ1) is 10.1. The minimum Gasteiger partial charge on any atom is -0.478 e. The maximum Gasteiger partial charge on any atom is 0.412 e. The largest absolute Gasteiger partial charge is 0.478 e. The number of alkyl carbamates (subject to hydrolysis) is 1. The van der Waals surface area contributed by atoms with Gasteiger partial charge in [0.25, 0.3) is 0 Å². The van der Waals surface area contributed by atoms with E-state index in [1.54, 1.807) is 42.5 Å². The van der Waals surface area contributed by atoms with Crippen molar-refractivity contribution >= 4 is 23.7 Å². The highest BCUT2D eigenvalue weighted by Gasteiger charge is 2.24. The number of allylic oxidation sites excluding steroid dienone is 4. The predicted molar refractivity (Wildman–Crippen MR) is 77.7 cm³/mol. The van der Waals surface area contributed by atoms with Crippen LogP contribution in [0.15, 0.2) is 53.2 Å². The smallest absolute Gasteiger partial charge is 0.412 e. The van der Waals surface area contributed by atoms with Gasteiger partial charge in [-0.05, 0) is 25.0 Å². The first-order valence-electron chi connectivity index (χ1n) is 6.37. The van der Waals surface area contributed by atoms with Gasteiger partial charge in [0.1, 0.15) is 0 Å². The summed E-state index contributed by atoms with van der Waals surface area (Å²) in [5, 5.41) is 12.4. The molecule has 1 atom stereocenters. The monoisotopic (exact) mass is 307 g/mol. The third-order valence-corrected chi connectivity index (χ3v) is 3.23. The van der Waals surface area contributed by atoms with Crippen LogP contribution in [0.1, 0.15) is 24.5 Å². The zero-order valence-corrected chi connectivity index (χ0v) is 11.8. The lowest BCUT2D eigenvalue weighted by molar-refractivity contribution is -0.147. The summed E-state index contributed by atoms with van der Waals surface area (Å²) in [6, 6.07) is 8.31. The highest BCUT2D eigenvalue weighted by atomic mass is 35.5. The van der Waals surface area contributed by atoms with Gasteiger partial charge in [0.2, 0.25) is 6.10 Å². The number of ether oxygens (including phenoxy) is 1. The quantitative estimate of drug-likeness (QED) is 0.894. The van der Waals surface area contributed by atoms with E-state index in [-0.39, 0.29) is 0 Å². The molecule has 0 aromatic heterocycles. The summed E-state index contributed by atoms with van der Waals surface area (Å²) in [6.45, 7) is 0. The Morgan fingerprint density at radius 2 is 1.90 bits per heavy atom. The topological polar surface area (TPSA) is 75.6 Å². The van der Waals surface area contributed by atoms with Gasteiger partial charge in [0, 0.05) is 16.3 Å². The van der Waals surface area contributed by atoms with Crippen LogP contribution in [0.2, 0.25) is 0 Å². The van der Waals surface area contributed by atoms with E-state index in [0.29, 0.717) is 29.1 Å². The molecule has 0 radical (unpaired) electrons. The number of carboxylic acids is 1. The molecule has 6 heteroatoms. The fourth-order valence-corrected chi connectivity index (χ4v) is 2.03. The van der Waals surface area contributed by atoms with Crippen LogP contribution in [-0.2, 0) is 9.53 Å². The number of amides is 1. The third-order valence-electron chi connectivity index (χ3n) is 2.91. The van der Waals surface area contributed by atoms with Gasteiger partial charge in [-0.3, -0.25) is 5.32 Å². The van der Waals surface area contributed by atoms with E-state index in [1.807, 2.05) is 0 Å². The van der Waals surface area contributed by atoms with Crippen LogP contribution in [0.4, 0.5) is 4.79 Å². The van der Waals surface area contributed by atoms with Crippen LogP contribution in [0.5, 0.6) is 0 Å². The molecule has 1 aromatic carbocycles. The van der Waals surface area contributed by atoms with Crippen molar-refractivity contribution in [3.8, 4) is 0 Å². The molecule has 0 saturated carbocycles. The summed E-state index contributed by atoms with van der Waals surface area (Å²) in [5.74, 6) is -1.23. The molecule has 0 aliphatic heterocycles. The lowest BCUT2D eigenvalue weighted by atomic mass is 10.1. The fraction of sp³-hybridized carbons (Fsp3) is 0.200. The summed E-state index contributed by atoms with van der Waals surface area (Å²) in [4.78, 5) is 23.0. The van der Waals surface area contributed by atoms with E-state index >= 15 is 0 Å². The van der Waals surface area contributed by atoms with Crippen LogP contribution < -0.4 is 5.32 Å². The third kappa shape index (κ3) is 4.36. The number of halogens is 1. The summed E-state index contributed by atoms with van der Waals surface area (Å²) in [7, 11) is 0. The normalized spacial score (nSPS) is 15.5. The van der Waals surface area contributed by atoms with Crippen LogP contribution in [0.25, 0.3) is 0 Å². The van der Waals surface area contributed by atoms with Gasteiger partial charge in [-0.15, -0.1) is 0 Å². The van der Waals surface area contributed by atoms with Crippen molar-refractivity contribution in [3.63, 3.8) is 0 Å². The average Bonchev–Trinajstić information content (AvgIpc) is 2.48. The second kappa shape index (κ2) is 6.95. The minimum atomic E-state index is -1.34. The first kappa shape index (κ1) is 15.1. The van der Waals surface area contributed by atoms with Crippen LogP contribution in [0, 0.1) is 0 Å². The lowest BCUT2D eigenvalue weighted by Crippen LogP contribution is -2.28. The molecular formula is C15H14ClNO4. The zero-order valence-electron chi connectivity index (χ0n) is 11.1. The van der Waals surface area contributed by atoms with Crippen molar-refractivity contribution < 1.29 is 19.4 Å². The number of benzene rings is 1. The molecule has 0 spiro atoms. The van der Waals surface area contributed by atoms with Crippen molar-refractivity contribution in [2.75, 3.05) is 0 Å². The van der Waals surface area contributed by atoms with Gasteiger partial charge >= 0.3 is 12.1 Å². The maximum absolute atomic E-state index is 11.8. The molecule has 21 heavy (non-hydrogen) atoms. The first-order valence-corrected chi connectivity index (χ1v) is 6.74. The van der Waals surface area contributed by atoms with E-state index in [9.17, 15) is 9.59 Å². The van der Waals surface area contributed by atoms with Crippen LogP contribution in [-0.4, -0.2) is 17.2 Å². The molecule has 2 rings (SSSR count). The number of nitrogens with one attached hydrogen (secondary N) is 1. The number of hydrogen-bond donors (Lipinski definition) is 2. The highest BCUT2D eigenvalue weighted by molar-refractivity contribution is 6.29. The number of carbonyl (C=O) groups excluding carboxylic acids is 1. The predicted octanol–water partition coefficient (Wildman–Crippen LogP) is 3.34. The molecule has 1 aromatic rings. The highest BCUT2D eigenvalue weighted by Crippen LogP contribution is 2.21. The van der Waals surface area contributed by atoms with Gasteiger partial charge in [-0.1, -0.05) is 41.9 Å². The Bertz CT molecular complexity index is 595. The summed E-state index contributed by atoms with van der Waals surface area (Å²) >= 11 is 5.82. The van der Waals surface area contributed by atoms with E-state index in [4.69, 9.17) is 21.4 Å². The number of rotatable bonds is 4. The fourth-order valence-electron chi connectivity index (χ4n) is 1.87. The van der Waals surface area contributed by atoms with Crippen molar-refractivity contribution in [1.29, 1.82) is 0 Å². The van der Waals surface area contributed by atoms with E-state index < -0.39 is 18.2 Å². The van der Waals surface area contributed by atoms with Crippen LogP contribution in [0.3, 0.4) is 0 Å². The molecule has 0 bridgehead atoms. The van der Waals surface area contributed by atoms with Gasteiger partial charge in [-0.2, -0.15) is 0 Å². The van der Waals surface area contributed by atoms with Crippen molar-refractivity contribution in [1.82, 2.24) is 5.32 Å². The summed E-state index contributed by atoms with van der Waals surface area (Å²) < 4.78 is 4.98. The van der Waals surface area contributed by atoms with Gasteiger partial charge in [0.05, 0.1) is 0 Å². The lowest BCUT2D eigenvalue weighted by Gasteiger charge is -2.16. The van der Waals surface area contributed by atoms with E-state index in [1.165, 1.54) is 0 Å². The standard InChI is InChI=1S/C15H14ClNO4/c16-11-6-8-12(9-7-11)17-15(20)21-13(14(18)19)10-4-2-1-3-5-10/h1-6,8,13H,7,9H2,(H,17,20)(H,18,19). The maximum atomic E-state index is 11.8. The number of aliphatic carboxylic acids is 1. The minimum absolute atomic E-state index is 0.403. The number of carboxylic acid groups (broad SMARTS) is 1. The Balaban J connectivity index is 2.01. The average molecular weight is 308 g/mol.